The van der Waals surface area contributed by atoms with Crippen molar-refractivity contribution >= 4 is 17.0 Å². The van der Waals surface area contributed by atoms with Crippen LogP contribution in [0.4, 0.5) is 5.95 Å². The third kappa shape index (κ3) is 3.33. The monoisotopic (exact) mass is 426 g/mol. The fourth-order valence-electron chi connectivity index (χ4n) is 4.66. The summed E-state index contributed by atoms with van der Waals surface area (Å²) in [7, 11) is 0. The molecule has 2 aromatic heterocycles. The molecule has 1 fully saturated rings. The predicted molar refractivity (Wildman–Crippen MR) is 125 cm³/mol. The quantitative estimate of drug-likeness (QED) is 0.495. The molecule has 0 spiro atoms. The Kier molecular flexibility index (Phi) is 4.95. The molecule has 3 N–H and O–H groups in total. The zero-order valence-corrected chi connectivity index (χ0v) is 18.6. The van der Waals surface area contributed by atoms with Gasteiger partial charge in [-0.2, -0.15) is 5.26 Å². The van der Waals surface area contributed by atoms with Gasteiger partial charge in [-0.15, -0.1) is 0 Å². The molecule has 0 aliphatic carbocycles. The molecule has 0 atom stereocenters. The number of anilines is 1. The number of hydrogen-bond donors (Lipinski definition) is 2. The molecule has 162 valence electrons. The minimum Gasteiger partial charge on any atom is -0.361 e. The van der Waals surface area contributed by atoms with E-state index in [2.05, 4.69) is 39.3 Å². The molecule has 7 heteroatoms. The number of piperidine rings is 1. The van der Waals surface area contributed by atoms with Gasteiger partial charge in [-0.3, -0.25) is 0 Å². The van der Waals surface area contributed by atoms with Crippen LogP contribution < -0.4 is 10.6 Å². The minimum absolute atomic E-state index is 0.258. The highest BCUT2D eigenvalue weighted by Crippen LogP contribution is 2.38. The van der Waals surface area contributed by atoms with E-state index < -0.39 is 0 Å². The number of nitriles is 1. The van der Waals surface area contributed by atoms with E-state index in [4.69, 9.17) is 15.2 Å². The number of benzene rings is 2. The van der Waals surface area contributed by atoms with E-state index in [0.29, 0.717) is 5.56 Å². The lowest BCUT2D eigenvalue weighted by Crippen LogP contribution is -2.40. The van der Waals surface area contributed by atoms with Crippen molar-refractivity contribution in [1.29, 1.82) is 5.26 Å². The fourth-order valence-corrected chi connectivity index (χ4v) is 4.66. The Bertz CT molecular complexity index is 1330. The summed E-state index contributed by atoms with van der Waals surface area (Å²) in [5.74, 6) is 1.64. The van der Waals surface area contributed by atoms with Gasteiger partial charge in [0.1, 0.15) is 5.76 Å². The van der Waals surface area contributed by atoms with Crippen LogP contribution in [0.15, 0.2) is 34.9 Å². The van der Waals surface area contributed by atoms with Crippen molar-refractivity contribution in [2.75, 3.05) is 18.0 Å². The number of hydrogen-bond acceptors (Lipinski definition) is 6. The number of rotatable bonds is 3. The summed E-state index contributed by atoms with van der Waals surface area (Å²) in [6.45, 7) is 7.64. The van der Waals surface area contributed by atoms with Crippen molar-refractivity contribution in [2.24, 2.45) is 5.73 Å². The number of imidazole rings is 1. The maximum atomic E-state index is 9.57. The third-order valence-corrected chi connectivity index (χ3v) is 6.48. The van der Waals surface area contributed by atoms with Crippen molar-refractivity contribution in [1.82, 2.24) is 15.1 Å². The Morgan fingerprint density at radius 1 is 1.16 bits per heavy atom. The number of fused-ring (bicyclic) bond motifs is 1. The Morgan fingerprint density at radius 3 is 2.62 bits per heavy atom. The first-order chi connectivity index (χ1) is 15.5. The zero-order valence-electron chi connectivity index (χ0n) is 18.6. The normalized spacial score (nSPS) is 14.8. The Balaban J connectivity index is 1.74. The third-order valence-electron chi connectivity index (χ3n) is 6.48. The summed E-state index contributed by atoms with van der Waals surface area (Å²) in [6.07, 6.45) is 1.91. The summed E-state index contributed by atoms with van der Waals surface area (Å²) < 4.78 is 5.44. The van der Waals surface area contributed by atoms with Gasteiger partial charge in [0.05, 0.1) is 28.4 Å². The van der Waals surface area contributed by atoms with Crippen molar-refractivity contribution in [2.45, 2.75) is 39.7 Å². The summed E-state index contributed by atoms with van der Waals surface area (Å²) in [6, 6.07) is 12.6. The molecular weight excluding hydrogens is 400 g/mol. The molecule has 1 aliphatic rings. The van der Waals surface area contributed by atoms with Crippen molar-refractivity contribution in [3.8, 4) is 28.3 Å². The highest BCUT2D eigenvalue weighted by Gasteiger charge is 2.22. The second-order valence-corrected chi connectivity index (χ2v) is 8.59. The molecule has 0 unspecified atom stereocenters. The summed E-state index contributed by atoms with van der Waals surface area (Å²) in [5.41, 5.74) is 14.4. The van der Waals surface area contributed by atoms with Gasteiger partial charge in [0.25, 0.3) is 0 Å². The van der Waals surface area contributed by atoms with Gasteiger partial charge in [0.15, 0.2) is 0 Å². The molecule has 3 heterocycles. The minimum atomic E-state index is 0.258. The topological polar surface area (TPSA) is 108 Å². The number of nitrogens with zero attached hydrogens (tertiary/aromatic N) is 4. The van der Waals surface area contributed by atoms with E-state index >= 15 is 0 Å². The van der Waals surface area contributed by atoms with Crippen LogP contribution in [0.3, 0.4) is 0 Å². The largest absolute Gasteiger partial charge is 0.361 e. The summed E-state index contributed by atoms with van der Waals surface area (Å²) >= 11 is 0. The van der Waals surface area contributed by atoms with E-state index in [9.17, 15) is 5.26 Å². The number of aryl methyl sites for hydroxylation is 2. The van der Waals surface area contributed by atoms with Crippen molar-refractivity contribution in [3.05, 3.63) is 52.9 Å². The molecule has 2 aromatic carbocycles. The van der Waals surface area contributed by atoms with Gasteiger partial charge in [-0.05, 0) is 68.5 Å². The van der Waals surface area contributed by atoms with E-state index in [-0.39, 0.29) is 6.04 Å². The van der Waals surface area contributed by atoms with Crippen LogP contribution in [0.1, 0.15) is 35.4 Å². The Morgan fingerprint density at radius 2 is 1.94 bits per heavy atom. The maximum Gasteiger partial charge on any atom is 0.203 e. The van der Waals surface area contributed by atoms with Crippen LogP contribution in [0, 0.1) is 32.1 Å². The first-order valence-electron chi connectivity index (χ1n) is 10.9. The average Bonchev–Trinajstić information content (AvgIpc) is 3.36. The van der Waals surface area contributed by atoms with Gasteiger partial charge in [0, 0.05) is 30.3 Å². The van der Waals surface area contributed by atoms with E-state index in [0.717, 1.165) is 82.2 Å². The molecule has 0 amide bonds. The second-order valence-electron chi connectivity index (χ2n) is 8.59. The van der Waals surface area contributed by atoms with Gasteiger partial charge < -0.3 is 20.1 Å². The summed E-state index contributed by atoms with van der Waals surface area (Å²) in [5, 5.41) is 13.7. The average molecular weight is 427 g/mol. The lowest BCUT2D eigenvalue weighted by Gasteiger charge is -2.29. The fraction of sp³-hybridized carbons (Fsp3) is 0.320. The number of aromatic nitrogens is 3. The molecule has 1 aliphatic heterocycles. The molecule has 0 radical (unpaired) electrons. The predicted octanol–water partition coefficient (Wildman–Crippen LogP) is 4.61. The van der Waals surface area contributed by atoms with Crippen LogP contribution >= 0.6 is 0 Å². The lowest BCUT2D eigenvalue weighted by atomic mass is 9.92. The first-order valence-corrected chi connectivity index (χ1v) is 10.9. The molecular formula is C25H26N6O. The maximum absolute atomic E-state index is 9.57. The van der Waals surface area contributed by atoms with Crippen LogP contribution in [-0.2, 0) is 0 Å². The lowest BCUT2D eigenvalue weighted by molar-refractivity contribution is 0.393. The molecule has 32 heavy (non-hydrogen) atoms. The van der Waals surface area contributed by atoms with Gasteiger partial charge in [-0.1, -0.05) is 17.3 Å². The molecule has 5 rings (SSSR count). The van der Waals surface area contributed by atoms with Gasteiger partial charge in [0.2, 0.25) is 5.95 Å². The van der Waals surface area contributed by atoms with Crippen LogP contribution in [0.25, 0.3) is 33.3 Å². The number of nitrogens with two attached hydrogens (primary N) is 1. The number of nitrogens with one attached hydrogen (secondary N) is 1. The van der Waals surface area contributed by atoms with E-state index in [1.54, 1.807) is 0 Å². The first kappa shape index (κ1) is 20.3. The molecule has 4 aromatic rings. The SMILES string of the molecule is Cc1noc(C)c1-c1cc(-c2cccc(C#N)c2C)c2nc(N3CCC(N)CC3)[nH]c2c1. The van der Waals surface area contributed by atoms with Gasteiger partial charge >= 0.3 is 0 Å². The number of H-pyrrole nitrogens is 1. The van der Waals surface area contributed by atoms with Crippen molar-refractivity contribution in [3.63, 3.8) is 0 Å². The highest BCUT2D eigenvalue weighted by molar-refractivity contribution is 5.98. The van der Waals surface area contributed by atoms with Crippen molar-refractivity contribution < 1.29 is 4.52 Å². The Hall–Kier alpha value is -3.63. The second kappa shape index (κ2) is 7.81. The van der Waals surface area contributed by atoms with Gasteiger partial charge in [-0.25, -0.2) is 4.98 Å². The van der Waals surface area contributed by atoms with Crippen LogP contribution in [-0.4, -0.2) is 34.3 Å². The molecule has 7 nitrogen and oxygen atoms in total. The molecule has 1 saturated heterocycles. The molecule has 0 saturated carbocycles. The number of aromatic amines is 1. The van der Waals surface area contributed by atoms with E-state index in [1.807, 2.05) is 32.9 Å². The smallest absolute Gasteiger partial charge is 0.203 e. The van der Waals surface area contributed by atoms with Crippen LogP contribution in [0.2, 0.25) is 0 Å². The highest BCUT2D eigenvalue weighted by atomic mass is 16.5. The zero-order chi connectivity index (χ0) is 22.4. The summed E-state index contributed by atoms with van der Waals surface area (Å²) in [4.78, 5) is 10.8. The Labute approximate surface area is 186 Å². The van der Waals surface area contributed by atoms with Crippen LogP contribution in [0.5, 0.6) is 0 Å². The van der Waals surface area contributed by atoms with E-state index in [1.165, 1.54) is 0 Å². The standard InChI is InChI=1S/C25H26N6O/c1-14-17(13-26)5-4-6-20(14)21-11-18(23-15(2)30-32-16(23)3)12-22-24(21)29-25(28-22)31-9-7-19(27)8-10-31/h4-6,11-12,19H,7-10,27H2,1-3H3,(H,28,29). The molecule has 0 bridgehead atoms.